The lowest BCUT2D eigenvalue weighted by molar-refractivity contribution is -0.122. The minimum absolute atomic E-state index is 0. The molecule has 23 heavy (non-hydrogen) atoms. The van der Waals surface area contributed by atoms with Crippen molar-refractivity contribution in [1.29, 1.82) is 0 Å². The summed E-state index contributed by atoms with van der Waals surface area (Å²) in [5.74, 6) is 0.192. The molecule has 2 unspecified atom stereocenters. The third kappa shape index (κ3) is 5.82. The van der Waals surface area contributed by atoms with Crippen LogP contribution in [-0.2, 0) is 4.79 Å². The van der Waals surface area contributed by atoms with E-state index >= 15 is 0 Å². The van der Waals surface area contributed by atoms with Crippen LogP contribution in [0.5, 0.6) is 0 Å². The number of carbonyl (C=O) groups excluding carboxylic acids is 1. The number of anilines is 1. The molecule has 2 heterocycles. The maximum atomic E-state index is 12.1. The van der Waals surface area contributed by atoms with Crippen LogP contribution in [0.15, 0.2) is 28.7 Å². The Hall–Kier alpha value is -0.490. The number of hydrogen-bond donors (Lipinski definition) is 2. The first-order valence-corrected chi connectivity index (χ1v) is 8.53. The Kier molecular flexibility index (Phi) is 8.69. The molecule has 3 rings (SSSR count). The molecule has 1 aromatic rings. The first-order chi connectivity index (χ1) is 10.2. The van der Waals surface area contributed by atoms with Gasteiger partial charge < -0.3 is 15.5 Å². The van der Waals surface area contributed by atoms with Gasteiger partial charge in [0.1, 0.15) is 0 Å². The number of hydrogen-bond acceptors (Lipinski definition) is 3. The van der Waals surface area contributed by atoms with Gasteiger partial charge in [0.25, 0.3) is 0 Å². The molecule has 1 aromatic carbocycles. The third-order valence-electron chi connectivity index (χ3n) is 4.34. The zero-order chi connectivity index (χ0) is 14.7. The summed E-state index contributed by atoms with van der Waals surface area (Å²) >= 11 is 3.46. The van der Waals surface area contributed by atoms with Crippen LogP contribution in [0.25, 0.3) is 0 Å². The number of nitrogens with one attached hydrogen (secondary N) is 2. The molecule has 0 bridgehead atoms. The van der Waals surface area contributed by atoms with Gasteiger partial charge in [-0.2, -0.15) is 0 Å². The van der Waals surface area contributed by atoms with Crippen LogP contribution >= 0.6 is 40.7 Å². The van der Waals surface area contributed by atoms with E-state index in [1.165, 1.54) is 12.1 Å². The minimum Gasteiger partial charge on any atom is -0.369 e. The summed E-state index contributed by atoms with van der Waals surface area (Å²) in [5.41, 5.74) is 1.23. The molecule has 2 N–H and O–H groups in total. The van der Waals surface area contributed by atoms with Gasteiger partial charge in [-0.1, -0.05) is 15.9 Å². The van der Waals surface area contributed by atoms with Crippen molar-refractivity contribution in [2.45, 2.75) is 37.8 Å². The number of nitrogens with zero attached hydrogens (tertiary/aromatic N) is 1. The Morgan fingerprint density at radius 3 is 2.65 bits per heavy atom. The standard InChI is InChI=1S/C16H22BrN3O.2ClH/c17-12-3-5-15(6-4-12)20-9-7-14(11-20)19-16(21)10-13-2-1-8-18-13;;/h3-6,13-14,18H,1-2,7-11H2,(H,19,21);2*1H. The Bertz CT molecular complexity index is 495. The van der Waals surface area contributed by atoms with Crippen LogP contribution in [-0.4, -0.2) is 37.6 Å². The van der Waals surface area contributed by atoms with Crippen molar-refractivity contribution < 1.29 is 4.79 Å². The van der Waals surface area contributed by atoms with Gasteiger partial charge in [0.2, 0.25) is 5.91 Å². The molecule has 2 saturated heterocycles. The fourth-order valence-electron chi connectivity index (χ4n) is 3.21. The fraction of sp³-hybridized carbons (Fsp3) is 0.562. The molecular formula is C16H24BrCl2N3O. The molecule has 4 nitrogen and oxygen atoms in total. The predicted octanol–water partition coefficient (Wildman–Crippen LogP) is 3.13. The molecule has 0 aromatic heterocycles. The first kappa shape index (κ1) is 20.6. The topological polar surface area (TPSA) is 44.4 Å². The molecule has 2 atom stereocenters. The lowest BCUT2D eigenvalue weighted by Crippen LogP contribution is -2.39. The van der Waals surface area contributed by atoms with Gasteiger partial charge in [-0.3, -0.25) is 4.79 Å². The van der Waals surface area contributed by atoms with E-state index in [4.69, 9.17) is 0 Å². The van der Waals surface area contributed by atoms with Crippen molar-refractivity contribution in [2.75, 3.05) is 24.5 Å². The van der Waals surface area contributed by atoms with Crippen LogP contribution in [0, 0.1) is 0 Å². The predicted molar refractivity (Wildman–Crippen MR) is 103 cm³/mol. The number of benzene rings is 1. The summed E-state index contributed by atoms with van der Waals surface area (Å²) in [6.07, 6.45) is 3.97. The van der Waals surface area contributed by atoms with E-state index in [-0.39, 0.29) is 36.8 Å². The van der Waals surface area contributed by atoms with Gasteiger partial charge in [0, 0.05) is 41.8 Å². The molecule has 0 radical (unpaired) electrons. The number of carbonyl (C=O) groups is 1. The summed E-state index contributed by atoms with van der Waals surface area (Å²) in [4.78, 5) is 14.4. The van der Waals surface area contributed by atoms with Crippen molar-refractivity contribution in [3.8, 4) is 0 Å². The molecule has 0 spiro atoms. The molecular weight excluding hydrogens is 401 g/mol. The van der Waals surface area contributed by atoms with Crippen LogP contribution in [0.3, 0.4) is 0 Å². The Labute approximate surface area is 158 Å². The highest BCUT2D eigenvalue weighted by molar-refractivity contribution is 9.10. The first-order valence-electron chi connectivity index (χ1n) is 7.74. The van der Waals surface area contributed by atoms with Crippen molar-refractivity contribution in [3.63, 3.8) is 0 Å². The highest BCUT2D eigenvalue weighted by Gasteiger charge is 2.25. The maximum absolute atomic E-state index is 12.1. The Morgan fingerprint density at radius 1 is 1.26 bits per heavy atom. The van der Waals surface area contributed by atoms with Gasteiger partial charge in [-0.25, -0.2) is 0 Å². The minimum atomic E-state index is 0. The third-order valence-corrected chi connectivity index (χ3v) is 4.87. The van der Waals surface area contributed by atoms with Gasteiger partial charge in [0.05, 0.1) is 0 Å². The van der Waals surface area contributed by atoms with E-state index in [1.54, 1.807) is 0 Å². The SMILES string of the molecule is Cl.Cl.O=C(CC1CCCN1)NC1CCN(c2ccc(Br)cc2)C1. The Morgan fingerprint density at radius 2 is 2.00 bits per heavy atom. The van der Waals surface area contributed by atoms with Gasteiger partial charge in [-0.05, 0) is 50.1 Å². The molecule has 7 heteroatoms. The van der Waals surface area contributed by atoms with Gasteiger partial charge >= 0.3 is 0 Å². The number of rotatable bonds is 4. The largest absolute Gasteiger partial charge is 0.369 e. The second kappa shape index (κ2) is 9.72. The zero-order valence-electron chi connectivity index (χ0n) is 13.0. The summed E-state index contributed by atoms with van der Waals surface area (Å²) in [6, 6.07) is 9.03. The second-order valence-corrected chi connectivity index (χ2v) is 6.89. The molecule has 2 fully saturated rings. The summed E-state index contributed by atoms with van der Waals surface area (Å²) in [5, 5.41) is 6.56. The van der Waals surface area contributed by atoms with E-state index in [0.717, 1.165) is 36.9 Å². The fourth-order valence-corrected chi connectivity index (χ4v) is 3.47. The molecule has 1 amide bonds. The van der Waals surface area contributed by atoms with E-state index in [2.05, 4.69) is 55.7 Å². The summed E-state index contributed by atoms with van der Waals surface area (Å²) in [6.45, 7) is 2.97. The highest BCUT2D eigenvalue weighted by Crippen LogP contribution is 2.22. The van der Waals surface area contributed by atoms with Crippen molar-refractivity contribution in [1.82, 2.24) is 10.6 Å². The average Bonchev–Trinajstić information content (AvgIpc) is 3.11. The molecule has 2 aliphatic heterocycles. The van der Waals surface area contributed by atoms with E-state index in [1.807, 2.05) is 0 Å². The van der Waals surface area contributed by atoms with Gasteiger partial charge in [0.15, 0.2) is 0 Å². The molecule has 130 valence electrons. The quantitative estimate of drug-likeness (QED) is 0.780. The average molecular weight is 425 g/mol. The monoisotopic (exact) mass is 423 g/mol. The number of halogens is 3. The van der Waals surface area contributed by atoms with E-state index < -0.39 is 0 Å². The van der Waals surface area contributed by atoms with Crippen molar-refractivity contribution >= 4 is 52.3 Å². The van der Waals surface area contributed by atoms with E-state index in [0.29, 0.717) is 12.5 Å². The maximum Gasteiger partial charge on any atom is 0.221 e. The zero-order valence-corrected chi connectivity index (χ0v) is 16.2. The van der Waals surface area contributed by atoms with Crippen molar-refractivity contribution in [3.05, 3.63) is 28.7 Å². The molecule has 0 aliphatic carbocycles. The van der Waals surface area contributed by atoms with Gasteiger partial charge in [-0.15, -0.1) is 24.8 Å². The second-order valence-electron chi connectivity index (χ2n) is 5.97. The lowest BCUT2D eigenvalue weighted by Gasteiger charge is -2.19. The normalized spacial score (nSPS) is 23.1. The van der Waals surface area contributed by atoms with Crippen LogP contribution in [0.4, 0.5) is 5.69 Å². The smallest absolute Gasteiger partial charge is 0.221 e. The summed E-state index contributed by atoms with van der Waals surface area (Å²) < 4.78 is 1.10. The summed E-state index contributed by atoms with van der Waals surface area (Å²) in [7, 11) is 0. The molecule has 2 aliphatic rings. The number of amides is 1. The van der Waals surface area contributed by atoms with Crippen LogP contribution in [0.2, 0.25) is 0 Å². The van der Waals surface area contributed by atoms with Crippen LogP contribution < -0.4 is 15.5 Å². The van der Waals surface area contributed by atoms with E-state index in [9.17, 15) is 4.79 Å². The van der Waals surface area contributed by atoms with Crippen LogP contribution in [0.1, 0.15) is 25.7 Å². The Balaban J connectivity index is 0.00000132. The highest BCUT2D eigenvalue weighted by atomic mass is 79.9. The lowest BCUT2D eigenvalue weighted by atomic mass is 10.1. The van der Waals surface area contributed by atoms with Crippen molar-refractivity contribution in [2.24, 2.45) is 0 Å². The molecule has 0 saturated carbocycles.